The Balaban J connectivity index is 1.61. The number of rotatable bonds is 3. The lowest BCUT2D eigenvalue weighted by Crippen LogP contribution is -2.29. The molecule has 1 aromatic carbocycles. The van der Waals surface area contributed by atoms with Crippen molar-refractivity contribution in [2.24, 2.45) is 0 Å². The molecule has 0 spiro atoms. The zero-order chi connectivity index (χ0) is 20.0. The Labute approximate surface area is 165 Å². The summed E-state index contributed by atoms with van der Waals surface area (Å²) in [5.41, 5.74) is 2.74. The molecule has 148 valence electrons. The minimum Gasteiger partial charge on any atom is -0.317 e. The van der Waals surface area contributed by atoms with E-state index in [-0.39, 0.29) is 5.69 Å². The summed E-state index contributed by atoms with van der Waals surface area (Å²) in [5.74, 6) is -0.497. The van der Waals surface area contributed by atoms with Crippen molar-refractivity contribution in [3.05, 3.63) is 58.4 Å². The smallest absolute Gasteiger partial charge is 0.273 e. The normalized spacial score (nSPS) is 15.2. The first-order valence-electron chi connectivity index (χ1n) is 9.61. The van der Waals surface area contributed by atoms with Crippen molar-refractivity contribution in [3.8, 4) is 16.9 Å². The SMILES string of the molecule is Cc1cccc(F)c1-n1nc2c(-c3cnn(C4CCNCC4)c3)n[nH]c2cc1=O. The maximum Gasteiger partial charge on any atom is 0.273 e. The van der Waals surface area contributed by atoms with Crippen LogP contribution in [0.25, 0.3) is 28.0 Å². The van der Waals surface area contributed by atoms with Crippen molar-refractivity contribution in [2.75, 3.05) is 13.1 Å². The lowest BCUT2D eigenvalue weighted by atomic mass is 10.1. The number of nitrogens with one attached hydrogen (secondary N) is 2. The highest BCUT2D eigenvalue weighted by Gasteiger charge is 2.20. The highest BCUT2D eigenvalue weighted by Crippen LogP contribution is 2.27. The van der Waals surface area contributed by atoms with Gasteiger partial charge in [0.1, 0.15) is 22.7 Å². The number of benzene rings is 1. The van der Waals surface area contributed by atoms with E-state index in [1.807, 2.05) is 10.9 Å². The predicted octanol–water partition coefficient (Wildman–Crippen LogP) is 2.34. The second-order valence-electron chi connectivity index (χ2n) is 7.32. The molecule has 29 heavy (non-hydrogen) atoms. The van der Waals surface area contributed by atoms with Gasteiger partial charge in [-0.25, -0.2) is 4.39 Å². The van der Waals surface area contributed by atoms with Crippen LogP contribution in [0.4, 0.5) is 4.39 Å². The van der Waals surface area contributed by atoms with Crippen LogP contribution in [0.1, 0.15) is 24.4 Å². The summed E-state index contributed by atoms with van der Waals surface area (Å²) >= 11 is 0. The molecule has 8 nitrogen and oxygen atoms in total. The Bertz CT molecular complexity index is 1230. The fourth-order valence-corrected chi connectivity index (χ4v) is 3.87. The monoisotopic (exact) mass is 393 g/mol. The molecular weight excluding hydrogens is 373 g/mol. The number of hydrogen-bond donors (Lipinski definition) is 2. The first kappa shape index (κ1) is 17.7. The molecule has 0 atom stereocenters. The number of para-hydroxylation sites is 1. The maximum absolute atomic E-state index is 14.4. The van der Waals surface area contributed by atoms with Crippen molar-refractivity contribution < 1.29 is 4.39 Å². The van der Waals surface area contributed by atoms with E-state index in [4.69, 9.17) is 0 Å². The molecule has 1 aliphatic rings. The lowest BCUT2D eigenvalue weighted by molar-refractivity contribution is 0.343. The van der Waals surface area contributed by atoms with Crippen molar-refractivity contribution in [2.45, 2.75) is 25.8 Å². The molecule has 0 amide bonds. The summed E-state index contributed by atoms with van der Waals surface area (Å²) in [6.07, 6.45) is 5.75. The average molecular weight is 393 g/mol. The Morgan fingerprint density at radius 2 is 2.07 bits per heavy atom. The fourth-order valence-electron chi connectivity index (χ4n) is 3.87. The van der Waals surface area contributed by atoms with Crippen LogP contribution in [0.3, 0.4) is 0 Å². The molecule has 9 heteroatoms. The zero-order valence-corrected chi connectivity index (χ0v) is 15.9. The lowest BCUT2D eigenvalue weighted by Gasteiger charge is -2.22. The molecule has 1 saturated heterocycles. The summed E-state index contributed by atoms with van der Waals surface area (Å²) in [6.45, 7) is 3.69. The van der Waals surface area contributed by atoms with Gasteiger partial charge in [0, 0.05) is 17.8 Å². The van der Waals surface area contributed by atoms with Crippen LogP contribution in [-0.2, 0) is 0 Å². The predicted molar refractivity (Wildman–Crippen MR) is 107 cm³/mol. The number of halogens is 1. The Hall–Kier alpha value is -3.33. The number of aryl methyl sites for hydroxylation is 1. The standard InChI is InChI=1S/C20H20FN7O/c1-12-3-2-4-15(21)20(12)28-17(29)9-16-19(26-28)18(25-24-16)13-10-23-27(11-13)14-5-7-22-8-6-14/h2-4,9-11,14,22,24H,5-8H2,1H3. The van der Waals surface area contributed by atoms with E-state index in [1.54, 1.807) is 25.3 Å². The second-order valence-corrected chi connectivity index (χ2v) is 7.32. The van der Waals surface area contributed by atoms with Crippen molar-refractivity contribution >= 4 is 11.0 Å². The van der Waals surface area contributed by atoms with E-state index >= 15 is 0 Å². The van der Waals surface area contributed by atoms with Gasteiger partial charge in [-0.2, -0.15) is 20.0 Å². The molecule has 4 aromatic rings. The maximum atomic E-state index is 14.4. The molecule has 1 aliphatic heterocycles. The first-order chi connectivity index (χ1) is 14.1. The van der Waals surface area contributed by atoms with Crippen LogP contribution in [-0.4, -0.2) is 42.8 Å². The van der Waals surface area contributed by atoms with Crippen LogP contribution < -0.4 is 10.9 Å². The van der Waals surface area contributed by atoms with Gasteiger partial charge >= 0.3 is 0 Å². The van der Waals surface area contributed by atoms with Gasteiger partial charge in [0.15, 0.2) is 0 Å². The molecule has 0 bridgehead atoms. The van der Waals surface area contributed by atoms with Crippen molar-refractivity contribution in [1.82, 2.24) is 35.1 Å². The molecule has 0 radical (unpaired) electrons. The molecule has 0 unspecified atom stereocenters. The van der Waals surface area contributed by atoms with Gasteiger partial charge in [0.2, 0.25) is 0 Å². The molecule has 4 heterocycles. The van der Waals surface area contributed by atoms with E-state index in [0.29, 0.717) is 28.3 Å². The van der Waals surface area contributed by atoms with Gasteiger partial charge in [0.05, 0.1) is 17.8 Å². The number of fused-ring (bicyclic) bond motifs is 1. The number of nitrogens with zero attached hydrogens (tertiary/aromatic N) is 5. The third kappa shape index (κ3) is 3.03. The van der Waals surface area contributed by atoms with Gasteiger partial charge in [-0.05, 0) is 44.5 Å². The number of hydrogen-bond acceptors (Lipinski definition) is 5. The topological polar surface area (TPSA) is 93.4 Å². The van der Waals surface area contributed by atoms with E-state index in [2.05, 4.69) is 25.7 Å². The third-order valence-corrected chi connectivity index (χ3v) is 5.40. The molecule has 2 N–H and O–H groups in total. The quantitative estimate of drug-likeness (QED) is 0.557. The minimum atomic E-state index is -0.497. The van der Waals surface area contributed by atoms with Crippen LogP contribution in [0.15, 0.2) is 41.5 Å². The van der Waals surface area contributed by atoms with Crippen LogP contribution >= 0.6 is 0 Å². The van der Waals surface area contributed by atoms with Crippen LogP contribution in [0.5, 0.6) is 0 Å². The number of H-pyrrole nitrogens is 1. The summed E-state index contributed by atoms with van der Waals surface area (Å²) < 4.78 is 17.5. The van der Waals surface area contributed by atoms with Crippen molar-refractivity contribution in [3.63, 3.8) is 0 Å². The highest BCUT2D eigenvalue weighted by molar-refractivity contribution is 5.88. The van der Waals surface area contributed by atoms with Gasteiger partial charge < -0.3 is 5.32 Å². The minimum absolute atomic E-state index is 0.150. The third-order valence-electron chi connectivity index (χ3n) is 5.40. The number of aromatic amines is 1. The Morgan fingerprint density at radius 3 is 2.86 bits per heavy atom. The molecule has 0 saturated carbocycles. The van der Waals surface area contributed by atoms with Gasteiger partial charge in [0.25, 0.3) is 5.56 Å². The summed E-state index contributed by atoms with van der Waals surface area (Å²) in [6, 6.07) is 6.41. The summed E-state index contributed by atoms with van der Waals surface area (Å²) in [7, 11) is 0. The van der Waals surface area contributed by atoms with E-state index in [1.165, 1.54) is 12.1 Å². The molecular formula is C20H20FN7O. The second kappa shape index (κ2) is 6.93. The largest absolute Gasteiger partial charge is 0.317 e. The molecule has 3 aromatic heterocycles. The van der Waals surface area contributed by atoms with Crippen LogP contribution in [0.2, 0.25) is 0 Å². The summed E-state index contributed by atoms with van der Waals surface area (Å²) in [5, 5.41) is 19.5. The van der Waals surface area contributed by atoms with E-state index in [9.17, 15) is 9.18 Å². The zero-order valence-electron chi connectivity index (χ0n) is 15.9. The van der Waals surface area contributed by atoms with Gasteiger partial charge in [-0.1, -0.05) is 12.1 Å². The van der Waals surface area contributed by atoms with Crippen LogP contribution in [0, 0.1) is 12.7 Å². The van der Waals surface area contributed by atoms with Gasteiger partial charge in [-0.15, -0.1) is 0 Å². The van der Waals surface area contributed by atoms with E-state index < -0.39 is 11.4 Å². The average Bonchev–Trinajstić information content (AvgIpc) is 3.35. The summed E-state index contributed by atoms with van der Waals surface area (Å²) in [4.78, 5) is 12.6. The Morgan fingerprint density at radius 1 is 1.24 bits per heavy atom. The number of piperidine rings is 1. The van der Waals surface area contributed by atoms with E-state index in [0.717, 1.165) is 36.2 Å². The molecule has 1 fully saturated rings. The number of aromatic nitrogens is 6. The fraction of sp³-hybridized carbons (Fsp3) is 0.300. The highest BCUT2D eigenvalue weighted by atomic mass is 19.1. The van der Waals surface area contributed by atoms with Crippen molar-refractivity contribution in [1.29, 1.82) is 0 Å². The molecule has 0 aliphatic carbocycles. The first-order valence-corrected chi connectivity index (χ1v) is 9.61. The molecule has 5 rings (SSSR count). The Kier molecular flexibility index (Phi) is 4.24. The van der Waals surface area contributed by atoms with Gasteiger partial charge in [-0.3, -0.25) is 14.6 Å².